The summed E-state index contributed by atoms with van der Waals surface area (Å²) < 4.78 is 17.3. The highest BCUT2D eigenvalue weighted by atomic mass is 35.5. The molecule has 0 aliphatic carbocycles. The minimum Gasteiger partial charge on any atom is -0.467 e. The van der Waals surface area contributed by atoms with Crippen LogP contribution in [-0.2, 0) is 9.53 Å². The van der Waals surface area contributed by atoms with E-state index in [1.807, 2.05) is 0 Å². The van der Waals surface area contributed by atoms with Gasteiger partial charge in [0.05, 0.1) is 12.1 Å². The molecular weight excluding hydrogens is 263 g/mol. The molecule has 0 saturated heterocycles. The van der Waals surface area contributed by atoms with Gasteiger partial charge in [-0.25, -0.2) is 14.0 Å². The molecule has 0 fully saturated rings. The quantitative estimate of drug-likeness (QED) is 0.830. The van der Waals surface area contributed by atoms with Gasteiger partial charge in [0, 0.05) is 5.69 Å². The molecule has 98 valence electrons. The van der Waals surface area contributed by atoms with Crippen molar-refractivity contribution >= 4 is 29.3 Å². The number of carbonyl (C=O) groups excluding carboxylic acids is 2. The highest BCUT2D eigenvalue weighted by Crippen LogP contribution is 2.19. The van der Waals surface area contributed by atoms with Crippen molar-refractivity contribution in [3.05, 3.63) is 29.0 Å². The van der Waals surface area contributed by atoms with E-state index in [9.17, 15) is 14.0 Å². The number of ether oxygens (including phenoxy) is 1. The summed E-state index contributed by atoms with van der Waals surface area (Å²) >= 11 is 5.56. The maximum Gasteiger partial charge on any atom is 0.328 e. The third kappa shape index (κ3) is 3.89. The molecule has 0 saturated carbocycles. The average molecular weight is 275 g/mol. The summed E-state index contributed by atoms with van der Waals surface area (Å²) in [7, 11) is 1.22. The molecule has 2 amide bonds. The molecule has 0 aromatic heterocycles. The van der Waals surface area contributed by atoms with Crippen LogP contribution in [0.25, 0.3) is 0 Å². The lowest BCUT2D eigenvalue weighted by atomic mass is 10.3. The van der Waals surface area contributed by atoms with Crippen molar-refractivity contribution in [2.24, 2.45) is 0 Å². The fourth-order valence-electron chi connectivity index (χ4n) is 1.17. The van der Waals surface area contributed by atoms with Gasteiger partial charge >= 0.3 is 12.0 Å². The molecule has 18 heavy (non-hydrogen) atoms. The molecule has 1 aromatic carbocycles. The van der Waals surface area contributed by atoms with Gasteiger partial charge in [-0.1, -0.05) is 11.6 Å². The lowest BCUT2D eigenvalue weighted by molar-refractivity contribution is -0.142. The molecule has 7 heteroatoms. The number of urea groups is 1. The molecule has 2 N–H and O–H groups in total. The first kappa shape index (κ1) is 14.2. The van der Waals surface area contributed by atoms with Crippen molar-refractivity contribution < 1.29 is 18.7 Å². The Morgan fingerprint density at radius 2 is 2.11 bits per heavy atom. The van der Waals surface area contributed by atoms with Crippen molar-refractivity contribution in [2.75, 3.05) is 12.4 Å². The van der Waals surface area contributed by atoms with Crippen LogP contribution in [0.5, 0.6) is 0 Å². The Labute approximate surface area is 108 Å². The number of benzene rings is 1. The SMILES string of the molecule is COC(=O)C(C)NC(=O)Nc1ccc(F)c(Cl)c1. The topological polar surface area (TPSA) is 67.4 Å². The van der Waals surface area contributed by atoms with Crippen LogP contribution in [0.3, 0.4) is 0 Å². The maximum atomic E-state index is 12.9. The number of halogens is 2. The van der Waals surface area contributed by atoms with E-state index in [0.29, 0.717) is 5.69 Å². The van der Waals surface area contributed by atoms with Gasteiger partial charge < -0.3 is 15.4 Å². The summed E-state index contributed by atoms with van der Waals surface area (Å²) in [5.74, 6) is -1.15. The number of rotatable bonds is 3. The van der Waals surface area contributed by atoms with Gasteiger partial charge in [-0.15, -0.1) is 0 Å². The van der Waals surface area contributed by atoms with Gasteiger partial charge in [-0.2, -0.15) is 0 Å². The largest absolute Gasteiger partial charge is 0.467 e. The van der Waals surface area contributed by atoms with E-state index in [1.165, 1.54) is 26.2 Å². The second-order valence-electron chi connectivity index (χ2n) is 3.47. The molecule has 0 bridgehead atoms. The van der Waals surface area contributed by atoms with Crippen LogP contribution < -0.4 is 10.6 Å². The van der Waals surface area contributed by atoms with Crippen molar-refractivity contribution in [1.29, 1.82) is 0 Å². The molecule has 0 aliphatic rings. The fourth-order valence-corrected chi connectivity index (χ4v) is 1.35. The first-order valence-electron chi connectivity index (χ1n) is 5.04. The van der Waals surface area contributed by atoms with Crippen molar-refractivity contribution in [3.63, 3.8) is 0 Å². The van der Waals surface area contributed by atoms with Crippen LogP contribution in [0.1, 0.15) is 6.92 Å². The van der Waals surface area contributed by atoms with Crippen LogP contribution in [0.4, 0.5) is 14.9 Å². The molecular formula is C11H12ClFN2O3. The van der Waals surface area contributed by atoms with Crippen LogP contribution in [0, 0.1) is 5.82 Å². The Balaban J connectivity index is 2.59. The lowest BCUT2D eigenvalue weighted by Crippen LogP contribution is -2.41. The highest BCUT2D eigenvalue weighted by molar-refractivity contribution is 6.31. The van der Waals surface area contributed by atoms with Crippen molar-refractivity contribution in [1.82, 2.24) is 5.32 Å². The van der Waals surface area contributed by atoms with E-state index < -0.39 is 23.9 Å². The summed E-state index contributed by atoms with van der Waals surface area (Å²) in [6.07, 6.45) is 0. The number of esters is 1. The monoisotopic (exact) mass is 274 g/mol. The van der Waals surface area contributed by atoms with Gasteiger partial charge in [0.15, 0.2) is 0 Å². The Hall–Kier alpha value is -1.82. The van der Waals surface area contributed by atoms with E-state index in [1.54, 1.807) is 0 Å². The van der Waals surface area contributed by atoms with Gasteiger partial charge in [0.1, 0.15) is 11.9 Å². The number of carbonyl (C=O) groups is 2. The number of anilines is 1. The zero-order chi connectivity index (χ0) is 13.7. The van der Waals surface area contributed by atoms with E-state index >= 15 is 0 Å². The molecule has 5 nitrogen and oxygen atoms in total. The Kier molecular flexibility index (Phi) is 4.91. The number of nitrogens with one attached hydrogen (secondary N) is 2. The maximum absolute atomic E-state index is 12.9. The second-order valence-corrected chi connectivity index (χ2v) is 3.88. The van der Waals surface area contributed by atoms with Crippen LogP contribution in [0.2, 0.25) is 5.02 Å². The Bertz CT molecular complexity index is 468. The zero-order valence-corrected chi connectivity index (χ0v) is 10.5. The third-order valence-corrected chi connectivity index (χ3v) is 2.37. The lowest BCUT2D eigenvalue weighted by Gasteiger charge is -2.12. The summed E-state index contributed by atoms with van der Waals surface area (Å²) in [4.78, 5) is 22.5. The summed E-state index contributed by atoms with van der Waals surface area (Å²) in [6.45, 7) is 1.48. The standard InChI is InChI=1S/C11H12ClFN2O3/c1-6(10(16)18-2)14-11(17)15-7-3-4-9(13)8(12)5-7/h3-6H,1-2H3,(H2,14,15,17). The second kappa shape index (κ2) is 6.20. The minimum atomic E-state index is -0.786. The average Bonchev–Trinajstić information content (AvgIpc) is 2.32. The van der Waals surface area contributed by atoms with Crippen molar-refractivity contribution in [3.8, 4) is 0 Å². The van der Waals surface area contributed by atoms with E-state index in [4.69, 9.17) is 11.6 Å². The molecule has 1 aromatic rings. The fraction of sp³-hybridized carbons (Fsp3) is 0.273. The van der Waals surface area contributed by atoms with Crippen LogP contribution in [0.15, 0.2) is 18.2 Å². The van der Waals surface area contributed by atoms with Crippen LogP contribution in [-0.4, -0.2) is 25.2 Å². The van der Waals surface area contributed by atoms with Gasteiger partial charge in [-0.05, 0) is 25.1 Å². The molecule has 1 rings (SSSR count). The number of hydrogen-bond acceptors (Lipinski definition) is 3. The normalized spacial score (nSPS) is 11.6. The van der Waals surface area contributed by atoms with Gasteiger partial charge in [-0.3, -0.25) is 0 Å². The Morgan fingerprint density at radius 3 is 2.67 bits per heavy atom. The van der Waals surface area contributed by atoms with E-state index in [2.05, 4.69) is 15.4 Å². The molecule has 0 aliphatic heterocycles. The summed E-state index contributed by atoms with van der Waals surface area (Å²) in [5.41, 5.74) is 0.316. The van der Waals surface area contributed by atoms with E-state index in [0.717, 1.165) is 6.07 Å². The predicted molar refractivity (Wildman–Crippen MR) is 65.0 cm³/mol. The first-order valence-corrected chi connectivity index (χ1v) is 5.42. The number of amides is 2. The van der Waals surface area contributed by atoms with Crippen molar-refractivity contribution in [2.45, 2.75) is 13.0 Å². The van der Waals surface area contributed by atoms with Crippen LogP contribution >= 0.6 is 11.6 Å². The Morgan fingerprint density at radius 1 is 1.44 bits per heavy atom. The van der Waals surface area contributed by atoms with Gasteiger partial charge in [0.2, 0.25) is 0 Å². The van der Waals surface area contributed by atoms with E-state index in [-0.39, 0.29) is 5.02 Å². The molecule has 1 atom stereocenters. The minimum absolute atomic E-state index is 0.103. The zero-order valence-electron chi connectivity index (χ0n) is 9.79. The highest BCUT2D eigenvalue weighted by Gasteiger charge is 2.15. The summed E-state index contributed by atoms with van der Waals surface area (Å²) in [5, 5.41) is 4.66. The molecule has 1 unspecified atom stereocenters. The smallest absolute Gasteiger partial charge is 0.328 e. The first-order chi connectivity index (χ1) is 8.43. The van der Waals surface area contributed by atoms with Gasteiger partial charge in [0.25, 0.3) is 0 Å². The molecule has 0 radical (unpaired) electrons. The molecule has 0 heterocycles. The number of hydrogen-bond donors (Lipinski definition) is 2. The third-order valence-electron chi connectivity index (χ3n) is 2.08. The summed E-state index contributed by atoms with van der Waals surface area (Å²) in [6, 6.07) is 2.34. The predicted octanol–water partition coefficient (Wildman–Crippen LogP) is 2.16. The number of methoxy groups -OCH3 is 1. The molecule has 0 spiro atoms.